The molecule has 18 heteroatoms. The van der Waals surface area contributed by atoms with Crippen LogP contribution in [0.3, 0.4) is 0 Å². The first-order chi connectivity index (χ1) is 24.4. The molecule has 5 heterocycles. The highest BCUT2D eigenvalue weighted by Crippen LogP contribution is 2.34. The molecule has 3 aromatic heterocycles. The van der Waals surface area contributed by atoms with Gasteiger partial charge in [0.15, 0.2) is 17.3 Å². The third kappa shape index (κ3) is 6.40. The van der Waals surface area contributed by atoms with Crippen molar-refractivity contribution in [1.82, 2.24) is 34.0 Å². The van der Waals surface area contributed by atoms with Crippen molar-refractivity contribution in [2.75, 3.05) is 43.0 Å². The number of benzene rings is 2. The summed E-state index contributed by atoms with van der Waals surface area (Å²) < 4.78 is 47.9. The Kier molecular flexibility index (Phi) is 8.74. The summed E-state index contributed by atoms with van der Waals surface area (Å²) in [7, 11) is 0. The van der Waals surface area contributed by atoms with Crippen LogP contribution in [0.4, 0.5) is 24.5 Å². The predicted octanol–water partition coefficient (Wildman–Crippen LogP) is 3.82. The third-order valence-corrected chi connectivity index (χ3v) is 9.07. The third-order valence-electron chi connectivity index (χ3n) is 8.76. The zero-order valence-electron chi connectivity index (χ0n) is 26.9. The van der Waals surface area contributed by atoms with Gasteiger partial charge < -0.3 is 29.5 Å². The predicted molar refractivity (Wildman–Crippen MR) is 178 cm³/mol. The van der Waals surface area contributed by atoms with E-state index in [4.69, 9.17) is 21.3 Å². The number of hydrogen-bond donors (Lipinski definition) is 2. The molecule has 264 valence electrons. The lowest BCUT2D eigenvalue weighted by molar-refractivity contribution is -0.137. The Hall–Kier alpha value is -5.71. The SMILES string of the molecule is CCc1c(N2CCN(C(=O)c3ncncc3O)CC2)c(=O)n2nc(-c3ccc4c(c3)CCO4)nc2n1CC(=O)Nc1ccc(C(F)(F)F)cc1Cl. The molecule has 1 fully saturated rings. The first-order valence-electron chi connectivity index (χ1n) is 15.9. The van der Waals surface area contributed by atoms with E-state index in [1.54, 1.807) is 15.5 Å². The van der Waals surface area contributed by atoms with Crippen molar-refractivity contribution in [3.63, 3.8) is 0 Å². The van der Waals surface area contributed by atoms with Crippen LogP contribution in [0, 0.1) is 0 Å². The molecule has 0 radical (unpaired) electrons. The molecule has 0 aliphatic carbocycles. The fraction of sp³-hybridized carbons (Fsp3) is 0.303. The van der Waals surface area contributed by atoms with Crippen molar-refractivity contribution in [2.45, 2.75) is 32.5 Å². The fourth-order valence-electron chi connectivity index (χ4n) is 6.27. The standard InChI is InChI=1S/C33H29ClF3N9O5/c1-2-23-28(43-8-10-44(11-9-43)30(49)27-24(47)15-38-17-39-27)31(50)46-32(41-29(42-46)19-3-6-25-18(13-19)7-12-51-25)45(23)16-26(48)40-22-5-4-20(14-21(22)34)33(35,36)37/h3-6,13-15,17,47H,2,7-12,16H2,1H3,(H,40,48). The van der Waals surface area contributed by atoms with Gasteiger partial charge in [-0.25, -0.2) is 9.97 Å². The van der Waals surface area contributed by atoms with E-state index < -0.39 is 29.1 Å². The molecule has 0 atom stereocenters. The lowest BCUT2D eigenvalue weighted by Gasteiger charge is -2.36. The highest BCUT2D eigenvalue weighted by atomic mass is 35.5. The number of ether oxygens (including phenoxy) is 1. The van der Waals surface area contributed by atoms with Gasteiger partial charge in [0.05, 0.1) is 34.8 Å². The molecule has 0 spiro atoms. The summed E-state index contributed by atoms with van der Waals surface area (Å²) in [5.74, 6) is -0.404. The van der Waals surface area contributed by atoms with Crippen LogP contribution in [-0.2, 0) is 30.4 Å². The number of halogens is 4. The second kappa shape index (κ2) is 13.2. The van der Waals surface area contributed by atoms with E-state index in [-0.39, 0.29) is 78.6 Å². The second-order valence-corrected chi connectivity index (χ2v) is 12.3. The molecule has 51 heavy (non-hydrogen) atoms. The molecule has 2 aromatic carbocycles. The average molecular weight is 724 g/mol. The molecule has 2 amide bonds. The summed E-state index contributed by atoms with van der Waals surface area (Å²) in [4.78, 5) is 56.5. The molecule has 0 saturated carbocycles. The van der Waals surface area contributed by atoms with E-state index in [2.05, 4.69) is 20.4 Å². The van der Waals surface area contributed by atoms with Crippen molar-refractivity contribution in [3.8, 4) is 22.9 Å². The monoisotopic (exact) mass is 723 g/mol. The Morgan fingerprint density at radius 1 is 1.10 bits per heavy atom. The number of amides is 2. The van der Waals surface area contributed by atoms with Crippen LogP contribution in [0.15, 0.2) is 53.7 Å². The summed E-state index contributed by atoms with van der Waals surface area (Å²) in [6.07, 6.45) is -1.34. The second-order valence-electron chi connectivity index (χ2n) is 11.9. The van der Waals surface area contributed by atoms with Crippen LogP contribution >= 0.6 is 11.6 Å². The van der Waals surface area contributed by atoms with Crippen LogP contribution in [-0.4, -0.2) is 83.7 Å². The lowest BCUT2D eigenvalue weighted by atomic mass is 10.1. The number of aromatic nitrogens is 6. The number of nitrogens with zero attached hydrogens (tertiary/aromatic N) is 8. The number of rotatable bonds is 7. The van der Waals surface area contributed by atoms with Gasteiger partial charge in [-0.3, -0.25) is 14.4 Å². The van der Waals surface area contributed by atoms with Gasteiger partial charge >= 0.3 is 6.18 Å². The number of piperazine rings is 1. The van der Waals surface area contributed by atoms with Crippen LogP contribution in [0.25, 0.3) is 17.2 Å². The van der Waals surface area contributed by atoms with Gasteiger partial charge in [0, 0.05) is 38.2 Å². The number of aromatic hydroxyl groups is 1. The average Bonchev–Trinajstić information content (AvgIpc) is 3.78. The molecule has 7 rings (SSSR count). The maximum atomic E-state index is 14.3. The van der Waals surface area contributed by atoms with Crippen LogP contribution in [0.5, 0.6) is 11.5 Å². The molecule has 1 saturated heterocycles. The number of fused-ring (bicyclic) bond motifs is 2. The fourth-order valence-corrected chi connectivity index (χ4v) is 6.50. The molecule has 14 nitrogen and oxygen atoms in total. The van der Waals surface area contributed by atoms with E-state index in [1.165, 1.54) is 11.2 Å². The van der Waals surface area contributed by atoms with E-state index in [0.717, 1.165) is 40.2 Å². The normalized spacial score (nSPS) is 14.5. The zero-order chi connectivity index (χ0) is 36.0. The Bertz CT molecular complexity index is 2250. The van der Waals surface area contributed by atoms with Crippen molar-refractivity contribution >= 4 is 40.6 Å². The van der Waals surface area contributed by atoms with Gasteiger partial charge in [-0.15, -0.1) is 5.10 Å². The highest BCUT2D eigenvalue weighted by molar-refractivity contribution is 6.33. The van der Waals surface area contributed by atoms with Crippen molar-refractivity contribution in [1.29, 1.82) is 0 Å². The molecular formula is C33H29ClF3N9O5. The molecule has 0 bridgehead atoms. The topological polar surface area (TPSA) is 160 Å². The Morgan fingerprint density at radius 3 is 2.59 bits per heavy atom. The maximum Gasteiger partial charge on any atom is 0.416 e. The number of carbonyl (C=O) groups excluding carboxylic acids is 2. The number of anilines is 2. The van der Waals surface area contributed by atoms with Gasteiger partial charge in [-0.1, -0.05) is 18.5 Å². The van der Waals surface area contributed by atoms with Gasteiger partial charge in [-0.05, 0) is 48.4 Å². The maximum absolute atomic E-state index is 14.3. The molecule has 0 unspecified atom stereocenters. The zero-order valence-corrected chi connectivity index (χ0v) is 27.7. The van der Waals surface area contributed by atoms with Crippen LogP contribution < -0.4 is 20.5 Å². The van der Waals surface area contributed by atoms with E-state index in [1.807, 2.05) is 19.1 Å². The Balaban J connectivity index is 1.25. The smallest absolute Gasteiger partial charge is 0.416 e. The Morgan fingerprint density at radius 2 is 1.88 bits per heavy atom. The Labute approximate surface area is 292 Å². The number of nitrogens with one attached hydrogen (secondary N) is 1. The summed E-state index contributed by atoms with van der Waals surface area (Å²) in [5.41, 5.74) is 0.696. The molecular weight excluding hydrogens is 695 g/mol. The minimum atomic E-state index is -4.62. The minimum absolute atomic E-state index is 0.0250. The molecule has 5 aromatic rings. The minimum Gasteiger partial charge on any atom is -0.504 e. The first kappa shape index (κ1) is 33.8. The summed E-state index contributed by atoms with van der Waals surface area (Å²) in [6.45, 7) is 2.80. The molecule has 2 aliphatic rings. The van der Waals surface area contributed by atoms with Crippen molar-refractivity contribution in [3.05, 3.63) is 86.8 Å². The summed E-state index contributed by atoms with van der Waals surface area (Å²) in [6, 6.07) is 8.09. The number of carbonyl (C=O) groups is 2. The first-order valence-corrected chi connectivity index (χ1v) is 16.3. The number of hydrogen-bond acceptors (Lipinski definition) is 10. The van der Waals surface area contributed by atoms with E-state index in [0.29, 0.717) is 24.3 Å². The quantitative estimate of drug-likeness (QED) is 0.253. The van der Waals surface area contributed by atoms with Gasteiger partial charge in [-0.2, -0.15) is 22.7 Å². The van der Waals surface area contributed by atoms with Gasteiger partial charge in [0.2, 0.25) is 11.7 Å². The lowest BCUT2D eigenvalue weighted by Crippen LogP contribution is -2.51. The highest BCUT2D eigenvalue weighted by Gasteiger charge is 2.32. The van der Waals surface area contributed by atoms with Crippen LogP contribution in [0.1, 0.15) is 34.2 Å². The molecule has 2 N–H and O–H groups in total. The largest absolute Gasteiger partial charge is 0.504 e. The number of alkyl halides is 3. The van der Waals surface area contributed by atoms with Gasteiger partial charge in [0.25, 0.3) is 11.5 Å². The van der Waals surface area contributed by atoms with Crippen molar-refractivity contribution in [2.24, 2.45) is 0 Å². The molecule has 2 aliphatic heterocycles. The van der Waals surface area contributed by atoms with Crippen LogP contribution in [0.2, 0.25) is 5.02 Å². The van der Waals surface area contributed by atoms with Crippen molar-refractivity contribution < 1.29 is 32.6 Å². The van der Waals surface area contributed by atoms with Gasteiger partial charge in [0.1, 0.15) is 24.3 Å². The van der Waals surface area contributed by atoms with E-state index >= 15 is 0 Å². The summed E-state index contributed by atoms with van der Waals surface area (Å²) >= 11 is 6.12. The summed E-state index contributed by atoms with van der Waals surface area (Å²) in [5, 5.41) is 16.9. The van der Waals surface area contributed by atoms with E-state index in [9.17, 15) is 32.7 Å².